The zero-order chi connectivity index (χ0) is 11.8. The van der Waals surface area contributed by atoms with Crippen molar-refractivity contribution in [2.45, 2.75) is 6.61 Å². The fourth-order valence-corrected chi connectivity index (χ4v) is 1.29. The van der Waals surface area contributed by atoms with Crippen LogP contribution in [0.3, 0.4) is 0 Å². The van der Waals surface area contributed by atoms with Crippen molar-refractivity contribution >= 4 is 0 Å². The first-order valence-electron chi connectivity index (χ1n) is 4.95. The smallest absolute Gasteiger partial charge is 0.124 e. The Bertz CT molecular complexity index is 371. The molecule has 4 nitrogen and oxygen atoms in total. The molecule has 1 aromatic rings. The summed E-state index contributed by atoms with van der Waals surface area (Å²) in [6, 6.07) is 7.35. The third kappa shape index (κ3) is 3.54. The van der Waals surface area contributed by atoms with Crippen LogP contribution in [-0.2, 0) is 16.1 Å². The minimum atomic E-state index is 0.419. The molecule has 1 rings (SSSR count). The Morgan fingerprint density at radius 1 is 1.25 bits per heavy atom. The Morgan fingerprint density at radius 2 is 2.06 bits per heavy atom. The average Bonchev–Trinajstić information content (AvgIpc) is 2.34. The van der Waals surface area contributed by atoms with Gasteiger partial charge >= 0.3 is 0 Å². The maximum absolute atomic E-state index is 8.78. The molecule has 0 aliphatic rings. The van der Waals surface area contributed by atoms with E-state index in [0.717, 1.165) is 11.3 Å². The molecule has 16 heavy (non-hydrogen) atoms. The second kappa shape index (κ2) is 6.83. The van der Waals surface area contributed by atoms with Crippen molar-refractivity contribution in [1.82, 2.24) is 0 Å². The maximum Gasteiger partial charge on any atom is 0.124 e. The Kier molecular flexibility index (Phi) is 5.34. The van der Waals surface area contributed by atoms with Gasteiger partial charge in [-0.2, -0.15) is 5.26 Å². The van der Waals surface area contributed by atoms with Crippen LogP contribution in [0.15, 0.2) is 18.2 Å². The molecule has 0 heterocycles. The van der Waals surface area contributed by atoms with Crippen LogP contribution in [0.2, 0.25) is 0 Å². The maximum atomic E-state index is 8.78. The van der Waals surface area contributed by atoms with Gasteiger partial charge in [-0.3, -0.25) is 0 Å². The summed E-state index contributed by atoms with van der Waals surface area (Å²) in [5.41, 5.74) is 1.48. The zero-order valence-corrected chi connectivity index (χ0v) is 9.53. The van der Waals surface area contributed by atoms with Crippen molar-refractivity contribution in [2.24, 2.45) is 0 Å². The highest BCUT2D eigenvalue weighted by Crippen LogP contribution is 2.20. The molecule has 86 valence electrons. The molecule has 0 unspecified atom stereocenters. The van der Waals surface area contributed by atoms with Crippen LogP contribution < -0.4 is 4.74 Å². The molecular formula is C12H15NO3. The summed E-state index contributed by atoms with van der Waals surface area (Å²) in [6.45, 7) is 1.50. The van der Waals surface area contributed by atoms with E-state index in [-0.39, 0.29) is 0 Å². The second-order valence-electron chi connectivity index (χ2n) is 3.18. The highest BCUT2D eigenvalue weighted by atomic mass is 16.5. The summed E-state index contributed by atoms with van der Waals surface area (Å²) >= 11 is 0. The van der Waals surface area contributed by atoms with Gasteiger partial charge in [0.05, 0.1) is 38.6 Å². The van der Waals surface area contributed by atoms with Gasteiger partial charge in [-0.05, 0) is 18.2 Å². The number of benzene rings is 1. The fraction of sp³-hybridized carbons (Fsp3) is 0.417. The molecule has 0 fully saturated rings. The molecule has 0 aliphatic heterocycles. The topological polar surface area (TPSA) is 51.5 Å². The fourth-order valence-electron chi connectivity index (χ4n) is 1.29. The quantitative estimate of drug-likeness (QED) is 0.686. The van der Waals surface area contributed by atoms with E-state index < -0.39 is 0 Å². The van der Waals surface area contributed by atoms with Crippen LogP contribution >= 0.6 is 0 Å². The summed E-state index contributed by atoms with van der Waals surface area (Å²) in [7, 11) is 3.22. The van der Waals surface area contributed by atoms with E-state index in [9.17, 15) is 0 Å². The first-order chi connectivity index (χ1) is 7.81. The largest absolute Gasteiger partial charge is 0.496 e. The molecule has 0 N–H and O–H groups in total. The molecule has 0 spiro atoms. The Labute approximate surface area is 95.4 Å². The van der Waals surface area contributed by atoms with Gasteiger partial charge in [-0.25, -0.2) is 0 Å². The SMILES string of the molecule is COCCOCc1cc(C#N)ccc1OC. The second-order valence-corrected chi connectivity index (χ2v) is 3.18. The van der Waals surface area contributed by atoms with E-state index in [4.69, 9.17) is 19.5 Å². The summed E-state index contributed by atoms with van der Waals surface area (Å²) in [6.07, 6.45) is 0. The minimum absolute atomic E-state index is 0.419. The van der Waals surface area contributed by atoms with Crippen molar-refractivity contribution in [1.29, 1.82) is 5.26 Å². The number of ether oxygens (including phenoxy) is 3. The van der Waals surface area contributed by atoms with E-state index in [0.29, 0.717) is 25.4 Å². The third-order valence-corrected chi connectivity index (χ3v) is 2.10. The Morgan fingerprint density at radius 3 is 2.69 bits per heavy atom. The summed E-state index contributed by atoms with van der Waals surface area (Å²) in [4.78, 5) is 0. The molecule has 0 saturated heterocycles. The van der Waals surface area contributed by atoms with Crippen molar-refractivity contribution in [2.75, 3.05) is 27.4 Å². The van der Waals surface area contributed by atoms with Crippen LogP contribution in [-0.4, -0.2) is 27.4 Å². The molecule has 0 amide bonds. The van der Waals surface area contributed by atoms with Gasteiger partial charge in [0, 0.05) is 12.7 Å². The van der Waals surface area contributed by atoms with Crippen molar-refractivity contribution in [3.05, 3.63) is 29.3 Å². The lowest BCUT2D eigenvalue weighted by Crippen LogP contribution is -2.03. The molecule has 0 saturated carbocycles. The van der Waals surface area contributed by atoms with Crippen LogP contribution in [0.25, 0.3) is 0 Å². The van der Waals surface area contributed by atoms with Crippen molar-refractivity contribution in [3.63, 3.8) is 0 Å². The highest BCUT2D eigenvalue weighted by molar-refractivity contribution is 5.41. The predicted octanol–water partition coefficient (Wildman–Crippen LogP) is 1.73. The van der Waals surface area contributed by atoms with E-state index in [2.05, 4.69) is 6.07 Å². The Balaban J connectivity index is 2.65. The van der Waals surface area contributed by atoms with E-state index >= 15 is 0 Å². The van der Waals surface area contributed by atoms with Crippen LogP contribution in [0, 0.1) is 11.3 Å². The van der Waals surface area contributed by atoms with Gasteiger partial charge in [0.1, 0.15) is 5.75 Å². The average molecular weight is 221 g/mol. The standard InChI is InChI=1S/C12H15NO3/c1-14-5-6-16-9-11-7-10(8-13)3-4-12(11)15-2/h3-4,7H,5-6,9H2,1-2H3. The monoisotopic (exact) mass is 221 g/mol. The van der Waals surface area contributed by atoms with Crippen molar-refractivity contribution < 1.29 is 14.2 Å². The van der Waals surface area contributed by atoms with Gasteiger partial charge in [0.25, 0.3) is 0 Å². The third-order valence-electron chi connectivity index (χ3n) is 2.10. The number of rotatable bonds is 6. The Hall–Kier alpha value is -1.57. The van der Waals surface area contributed by atoms with Gasteiger partial charge < -0.3 is 14.2 Å². The zero-order valence-electron chi connectivity index (χ0n) is 9.53. The number of nitriles is 1. The van der Waals surface area contributed by atoms with Crippen molar-refractivity contribution in [3.8, 4) is 11.8 Å². The lowest BCUT2D eigenvalue weighted by Gasteiger charge is -2.09. The van der Waals surface area contributed by atoms with Gasteiger partial charge in [-0.15, -0.1) is 0 Å². The van der Waals surface area contributed by atoms with Gasteiger partial charge in [0.2, 0.25) is 0 Å². The normalized spacial score (nSPS) is 9.81. The molecule has 0 aromatic heterocycles. The summed E-state index contributed by atoms with van der Waals surface area (Å²) in [5, 5.41) is 8.78. The lowest BCUT2D eigenvalue weighted by molar-refractivity contribution is 0.0608. The first kappa shape index (κ1) is 12.5. The number of hydrogen-bond acceptors (Lipinski definition) is 4. The predicted molar refractivity (Wildman–Crippen MR) is 59.2 cm³/mol. The van der Waals surface area contributed by atoms with E-state index in [1.165, 1.54) is 0 Å². The molecule has 0 bridgehead atoms. The molecule has 0 aliphatic carbocycles. The first-order valence-corrected chi connectivity index (χ1v) is 4.95. The summed E-state index contributed by atoms with van der Waals surface area (Å²) in [5.74, 6) is 0.733. The van der Waals surface area contributed by atoms with E-state index in [1.54, 1.807) is 32.4 Å². The van der Waals surface area contributed by atoms with Gasteiger partial charge in [-0.1, -0.05) is 0 Å². The van der Waals surface area contributed by atoms with Crippen LogP contribution in [0.5, 0.6) is 5.75 Å². The van der Waals surface area contributed by atoms with Crippen LogP contribution in [0.4, 0.5) is 0 Å². The van der Waals surface area contributed by atoms with E-state index in [1.807, 2.05) is 0 Å². The molecule has 1 aromatic carbocycles. The van der Waals surface area contributed by atoms with Gasteiger partial charge in [0.15, 0.2) is 0 Å². The summed E-state index contributed by atoms with van der Waals surface area (Å²) < 4.78 is 15.4. The number of hydrogen-bond donors (Lipinski definition) is 0. The molecule has 4 heteroatoms. The lowest BCUT2D eigenvalue weighted by atomic mass is 10.1. The molecular weight excluding hydrogens is 206 g/mol. The highest BCUT2D eigenvalue weighted by Gasteiger charge is 2.04. The minimum Gasteiger partial charge on any atom is -0.496 e. The molecule has 0 radical (unpaired) electrons. The van der Waals surface area contributed by atoms with Crippen LogP contribution in [0.1, 0.15) is 11.1 Å². The number of methoxy groups -OCH3 is 2. The molecule has 0 atom stereocenters. The number of nitrogens with zero attached hydrogens (tertiary/aromatic N) is 1.